The van der Waals surface area contributed by atoms with E-state index in [1.165, 1.54) is 23.1 Å². The molecule has 0 aliphatic carbocycles. The first-order valence-corrected chi connectivity index (χ1v) is 14.7. The number of carbonyl (C=O) groups excluding carboxylic acids is 1. The van der Waals surface area contributed by atoms with Gasteiger partial charge in [-0.25, -0.2) is 8.42 Å². The van der Waals surface area contributed by atoms with E-state index in [0.29, 0.717) is 17.5 Å². The first kappa shape index (κ1) is 30.1. The van der Waals surface area contributed by atoms with Crippen LogP contribution in [-0.2, 0) is 34.0 Å². The number of alkyl halides is 3. The molecule has 0 bridgehead atoms. The van der Waals surface area contributed by atoms with E-state index in [9.17, 15) is 26.4 Å². The summed E-state index contributed by atoms with van der Waals surface area (Å²) in [5.41, 5.74) is 2.36. The smallest absolute Gasteiger partial charge is 0.361 e. The number of hydrogen-bond acceptors (Lipinski definition) is 3. The van der Waals surface area contributed by atoms with Crippen molar-refractivity contribution in [3.63, 3.8) is 0 Å². The number of nitrogens with one attached hydrogen (secondary N) is 1. The van der Waals surface area contributed by atoms with Crippen molar-refractivity contribution in [1.82, 2.24) is 14.2 Å². The fraction of sp³-hybridized carbons (Fsp3) is 0.258. The Morgan fingerprint density at radius 1 is 0.951 bits per heavy atom. The van der Waals surface area contributed by atoms with E-state index in [-0.39, 0.29) is 13.1 Å². The van der Waals surface area contributed by atoms with E-state index in [2.05, 4.69) is 4.98 Å². The second kappa shape index (κ2) is 12.7. The molecular weight excluding hydrogens is 551 g/mol. The third kappa shape index (κ3) is 7.86. The van der Waals surface area contributed by atoms with Crippen LogP contribution < -0.4 is 0 Å². The van der Waals surface area contributed by atoms with E-state index in [4.69, 9.17) is 0 Å². The predicted octanol–water partition coefficient (Wildman–Crippen LogP) is 6.47. The maximum absolute atomic E-state index is 13.6. The van der Waals surface area contributed by atoms with Crippen molar-refractivity contribution in [1.29, 1.82) is 0 Å². The fourth-order valence-electron chi connectivity index (χ4n) is 4.51. The molecule has 0 atom stereocenters. The van der Waals surface area contributed by atoms with Crippen LogP contribution in [0.2, 0.25) is 0 Å². The summed E-state index contributed by atoms with van der Waals surface area (Å²) < 4.78 is 66.9. The summed E-state index contributed by atoms with van der Waals surface area (Å²) >= 11 is 0. The van der Waals surface area contributed by atoms with Gasteiger partial charge in [-0.05, 0) is 61.2 Å². The lowest BCUT2D eigenvalue weighted by Gasteiger charge is -2.29. The van der Waals surface area contributed by atoms with Crippen LogP contribution in [0.4, 0.5) is 13.2 Å². The van der Waals surface area contributed by atoms with E-state index >= 15 is 0 Å². The third-order valence-corrected chi connectivity index (χ3v) is 8.44. The zero-order valence-corrected chi connectivity index (χ0v) is 23.6. The maximum Gasteiger partial charge on any atom is 0.416 e. The van der Waals surface area contributed by atoms with Gasteiger partial charge in [0.25, 0.3) is 0 Å². The van der Waals surface area contributed by atoms with Gasteiger partial charge in [0.05, 0.1) is 12.1 Å². The molecule has 0 saturated heterocycles. The lowest BCUT2D eigenvalue weighted by molar-refractivity contribution is -0.137. The quantitative estimate of drug-likeness (QED) is 0.220. The molecule has 0 fully saturated rings. The van der Waals surface area contributed by atoms with Crippen LogP contribution in [-0.4, -0.2) is 47.6 Å². The molecule has 4 aromatic rings. The summed E-state index contributed by atoms with van der Waals surface area (Å²) in [7, 11) is -3.95. The molecule has 1 amide bonds. The number of benzene rings is 3. The van der Waals surface area contributed by atoms with Crippen molar-refractivity contribution in [3.05, 3.63) is 113 Å². The Labute approximate surface area is 238 Å². The molecule has 0 radical (unpaired) electrons. The minimum atomic E-state index is -4.47. The monoisotopic (exact) mass is 583 g/mol. The summed E-state index contributed by atoms with van der Waals surface area (Å²) in [6, 6.07) is 20.8. The highest BCUT2D eigenvalue weighted by atomic mass is 32.2. The average Bonchev–Trinajstić information content (AvgIpc) is 3.36. The van der Waals surface area contributed by atoms with Gasteiger partial charge in [0.1, 0.15) is 0 Å². The average molecular weight is 584 g/mol. The molecule has 0 aliphatic rings. The number of rotatable bonds is 11. The second-order valence-electron chi connectivity index (χ2n) is 10.0. The van der Waals surface area contributed by atoms with E-state index in [1.807, 2.05) is 36.5 Å². The first-order chi connectivity index (χ1) is 19.4. The number of nitrogens with zero attached hydrogens (tertiary/aromatic N) is 2. The number of sulfonamides is 1. The van der Waals surface area contributed by atoms with Crippen LogP contribution in [0.1, 0.15) is 36.1 Å². The minimum Gasteiger partial charge on any atom is -0.361 e. The molecule has 4 rings (SSSR count). The van der Waals surface area contributed by atoms with Crippen LogP contribution in [0.3, 0.4) is 0 Å². The number of carbonyl (C=O) groups is 1. The van der Waals surface area contributed by atoms with Gasteiger partial charge in [-0.15, -0.1) is 0 Å². The normalized spacial score (nSPS) is 12.6. The Hall–Kier alpha value is -3.89. The molecule has 1 heterocycles. The Morgan fingerprint density at radius 2 is 1.61 bits per heavy atom. The summed E-state index contributed by atoms with van der Waals surface area (Å²) in [6.45, 7) is 3.24. The van der Waals surface area contributed by atoms with Gasteiger partial charge in [-0.3, -0.25) is 4.79 Å². The molecule has 41 heavy (non-hydrogen) atoms. The highest BCUT2D eigenvalue weighted by Crippen LogP contribution is 2.29. The minimum absolute atomic E-state index is 0.0329. The molecule has 6 nitrogen and oxygen atoms in total. The number of aromatic nitrogens is 1. The molecule has 0 unspecified atom stereocenters. The van der Waals surface area contributed by atoms with Gasteiger partial charge in [0.15, 0.2) is 0 Å². The predicted molar refractivity (Wildman–Crippen MR) is 155 cm³/mol. The molecule has 3 aromatic carbocycles. The standard InChI is InChI=1S/C31H32F3N3O3S/c1-23(2)37(41(39,40)19-17-24-8-4-3-5-9-24)22-30(38)36(21-25-12-14-27(15-13-25)31(32,33)34)18-16-26-20-35-29-11-7-6-10-28(26)29/h3-15,17,19-20,23,35H,16,18,21-22H2,1-2H3. The largest absolute Gasteiger partial charge is 0.416 e. The van der Waals surface area contributed by atoms with E-state index in [0.717, 1.165) is 38.3 Å². The number of aromatic amines is 1. The Balaban J connectivity index is 1.57. The number of para-hydroxylation sites is 1. The molecule has 0 saturated carbocycles. The molecular formula is C31H32F3N3O3S. The zero-order valence-electron chi connectivity index (χ0n) is 22.8. The van der Waals surface area contributed by atoms with Crippen molar-refractivity contribution in [2.24, 2.45) is 0 Å². The second-order valence-corrected chi connectivity index (χ2v) is 11.8. The van der Waals surface area contributed by atoms with Crippen molar-refractivity contribution in [2.75, 3.05) is 13.1 Å². The Morgan fingerprint density at radius 3 is 2.27 bits per heavy atom. The number of amides is 1. The van der Waals surface area contributed by atoms with Gasteiger partial charge in [0.2, 0.25) is 15.9 Å². The van der Waals surface area contributed by atoms with E-state index < -0.39 is 40.3 Å². The maximum atomic E-state index is 13.6. The van der Waals surface area contributed by atoms with Gasteiger partial charge in [-0.2, -0.15) is 17.5 Å². The summed E-state index contributed by atoms with van der Waals surface area (Å²) in [4.78, 5) is 18.3. The number of H-pyrrole nitrogens is 1. The summed E-state index contributed by atoms with van der Waals surface area (Å²) in [5.74, 6) is -0.449. The molecule has 0 aliphatic heterocycles. The zero-order chi connectivity index (χ0) is 29.6. The number of hydrogen-bond donors (Lipinski definition) is 1. The topological polar surface area (TPSA) is 73.5 Å². The van der Waals surface area contributed by atoms with Crippen LogP contribution in [0.5, 0.6) is 0 Å². The summed E-state index contributed by atoms with van der Waals surface area (Å²) in [5, 5.41) is 2.09. The van der Waals surface area contributed by atoms with Crippen molar-refractivity contribution < 1.29 is 26.4 Å². The van der Waals surface area contributed by atoms with Crippen molar-refractivity contribution in [3.8, 4) is 0 Å². The highest BCUT2D eigenvalue weighted by molar-refractivity contribution is 7.92. The fourth-order valence-corrected chi connectivity index (χ4v) is 5.88. The Kier molecular flexibility index (Phi) is 9.35. The lowest BCUT2D eigenvalue weighted by atomic mass is 10.1. The van der Waals surface area contributed by atoms with Crippen LogP contribution in [0.15, 0.2) is 90.5 Å². The van der Waals surface area contributed by atoms with Gasteiger partial charge in [-0.1, -0.05) is 60.7 Å². The van der Waals surface area contributed by atoms with Gasteiger partial charge in [0, 0.05) is 41.6 Å². The SMILES string of the molecule is CC(C)N(CC(=O)N(CCc1c[nH]c2ccccc12)Cc1ccc(C(F)(F)F)cc1)S(=O)(=O)C=Cc1ccccc1. The van der Waals surface area contributed by atoms with Gasteiger partial charge >= 0.3 is 6.18 Å². The first-order valence-electron chi connectivity index (χ1n) is 13.2. The molecule has 0 spiro atoms. The van der Waals surface area contributed by atoms with Crippen molar-refractivity contribution in [2.45, 2.75) is 39.0 Å². The number of fused-ring (bicyclic) bond motifs is 1. The van der Waals surface area contributed by atoms with Crippen LogP contribution >= 0.6 is 0 Å². The lowest BCUT2D eigenvalue weighted by Crippen LogP contribution is -2.45. The Bertz CT molecular complexity index is 1600. The summed E-state index contributed by atoms with van der Waals surface area (Å²) in [6.07, 6.45) is -0.654. The van der Waals surface area contributed by atoms with Crippen LogP contribution in [0, 0.1) is 0 Å². The van der Waals surface area contributed by atoms with Gasteiger partial charge < -0.3 is 9.88 Å². The molecule has 10 heteroatoms. The molecule has 216 valence electrons. The van der Waals surface area contributed by atoms with Crippen molar-refractivity contribution >= 4 is 32.9 Å². The highest BCUT2D eigenvalue weighted by Gasteiger charge is 2.31. The molecule has 1 aromatic heterocycles. The molecule has 1 N–H and O–H groups in total. The van der Waals surface area contributed by atoms with Crippen LogP contribution in [0.25, 0.3) is 17.0 Å². The van der Waals surface area contributed by atoms with E-state index in [1.54, 1.807) is 38.1 Å². The number of halogens is 3. The third-order valence-electron chi connectivity index (χ3n) is 6.76.